The average molecular weight is 604 g/mol. The molecule has 2 amide bonds. The van der Waals surface area contributed by atoms with E-state index in [-0.39, 0.29) is 28.9 Å². The first kappa shape index (κ1) is 32.2. The van der Waals surface area contributed by atoms with Crippen molar-refractivity contribution < 1.29 is 22.4 Å². The van der Waals surface area contributed by atoms with E-state index < -0.39 is 33.7 Å². The summed E-state index contributed by atoms with van der Waals surface area (Å²) in [5.74, 6) is 4.52. The average Bonchev–Trinajstić information content (AvgIpc) is 3.45. The van der Waals surface area contributed by atoms with Gasteiger partial charge in [0.25, 0.3) is 11.8 Å². The van der Waals surface area contributed by atoms with Gasteiger partial charge in [0.1, 0.15) is 5.82 Å². The highest BCUT2D eigenvalue weighted by Crippen LogP contribution is 2.23. The molecule has 3 aromatic rings. The minimum absolute atomic E-state index is 0.103. The normalized spacial score (nSPS) is 13.7. The van der Waals surface area contributed by atoms with Crippen molar-refractivity contribution in [2.75, 3.05) is 17.6 Å². The number of carbonyl (C=O) groups excluding carboxylic acids is 2. The molecular formula is C29H38FN5O4S2. The third-order valence-corrected chi connectivity index (χ3v) is 8.88. The van der Waals surface area contributed by atoms with E-state index in [9.17, 15) is 22.4 Å². The molecule has 0 fully saturated rings. The first-order valence-corrected chi connectivity index (χ1v) is 16.2. The molecule has 41 heavy (non-hydrogen) atoms. The second-order valence-corrected chi connectivity index (χ2v) is 12.9. The Morgan fingerprint density at radius 1 is 1.02 bits per heavy atom. The van der Waals surface area contributed by atoms with Gasteiger partial charge in [0.2, 0.25) is 10.0 Å². The quantitative estimate of drug-likeness (QED) is 0.162. The van der Waals surface area contributed by atoms with Crippen molar-refractivity contribution in [2.24, 2.45) is 5.84 Å². The zero-order valence-electron chi connectivity index (χ0n) is 23.7. The van der Waals surface area contributed by atoms with Gasteiger partial charge in [-0.3, -0.25) is 25.2 Å². The minimum Gasteiger partial charge on any atom is -0.347 e. The topological polar surface area (TPSA) is 134 Å². The van der Waals surface area contributed by atoms with Crippen LogP contribution in [-0.2, 0) is 16.4 Å². The van der Waals surface area contributed by atoms with Crippen molar-refractivity contribution in [3.05, 3.63) is 87.4 Å². The molecule has 0 aliphatic rings. The lowest BCUT2D eigenvalue weighted by atomic mass is 9.96. The number of benzene rings is 2. The van der Waals surface area contributed by atoms with E-state index in [2.05, 4.69) is 23.0 Å². The van der Waals surface area contributed by atoms with Gasteiger partial charge in [0.05, 0.1) is 18.0 Å². The van der Waals surface area contributed by atoms with Crippen LogP contribution in [0, 0.1) is 5.82 Å². The van der Waals surface area contributed by atoms with Crippen molar-refractivity contribution in [3.8, 4) is 0 Å². The molecule has 0 aliphatic carbocycles. The van der Waals surface area contributed by atoms with Crippen LogP contribution in [0.15, 0.2) is 59.3 Å². The maximum Gasteiger partial charge on any atom is 0.251 e. The van der Waals surface area contributed by atoms with Gasteiger partial charge in [-0.05, 0) is 78.1 Å². The van der Waals surface area contributed by atoms with Gasteiger partial charge in [-0.2, -0.15) is 11.3 Å². The number of rotatable bonds is 14. The van der Waals surface area contributed by atoms with Crippen LogP contribution in [-0.4, -0.2) is 45.6 Å². The van der Waals surface area contributed by atoms with Crippen LogP contribution < -0.4 is 26.2 Å². The summed E-state index contributed by atoms with van der Waals surface area (Å²) < 4.78 is 39.0. The molecule has 0 unspecified atom stereocenters. The molecule has 2 aromatic carbocycles. The van der Waals surface area contributed by atoms with Crippen molar-refractivity contribution in [2.45, 2.75) is 57.7 Å². The van der Waals surface area contributed by atoms with Crippen LogP contribution in [0.3, 0.4) is 0 Å². The smallest absolute Gasteiger partial charge is 0.251 e. The molecule has 0 bridgehead atoms. The van der Waals surface area contributed by atoms with Crippen molar-refractivity contribution >= 4 is 38.9 Å². The number of carbonyl (C=O) groups is 2. The van der Waals surface area contributed by atoms with Gasteiger partial charge in [-0.15, -0.1) is 0 Å². The molecule has 9 nitrogen and oxygen atoms in total. The summed E-state index contributed by atoms with van der Waals surface area (Å²) in [5.41, 5.74) is 4.97. The van der Waals surface area contributed by atoms with Crippen LogP contribution in [0.25, 0.3) is 0 Å². The number of nitrogens with two attached hydrogens (primary N) is 1. The fourth-order valence-corrected chi connectivity index (χ4v) is 5.56. The highest BCUT2D eigenvalue weighted by molar-refractivity contribution is 7.92. The summed E-state index contributed by atoms with van der Waals surface area (Å²) in [6.07, 6.45) is 4.20. The Labute approximate surface area is 245 Å². The molecule has 222 valence electrons. The summed E-state index contributed by atoms with van der Waals surface area (Å²) in [6, 6.07) is 11.0. The van der Waals surface area contributed by atoms with Crippen molar-refractivity contribution in [1.29, 1.82) is 0 Å². The number of anilines is 1. The zero-order chi connectivity index (χ0) is 30.2. The number of thiophene rings is 1. The number of sulfonamides is 1. The first-order valence-electron chi connectivity index (χ1n) is 13.4. The highest BCUT2D eigenvalue weighted by Gasteiger charge is 2.25. The molecule has 0 aliphatic heterocycles. The van der Waals surface area contributed by atoms with E-state index >= 15 is 0 Å². The molecule has 3 atom stereocenters. The summed E-state index contributed by atoms with van der Waals surface area (Å²) in [4.78, 5) is 26.9. The van der Waals surface area contributed by atoms with E-state index in [4.69, 9.17) is 5.84 Å². The Balaban J connectivity index is 1.94. The van der Waals surface area contributed by atoms with Gasteiger partial charge in [-0.1, -0.05) is 31.9 Å². The van der Waals surface area contributed by atoms with E-state index in [1.54, 1.807) is 30.4 Å². The lowest BCUT2D eigenvalue weighted by Gasteiger charge is -2.28. The molecule has 0 saturated carbocycles. The van der Waals surface area contributed by atoms with Crippen LogP contribution in [0.2, 0.25) is 0 Å². The van der Waals surface area contributed by atoms with Crippen LogP contribution in [0.1, 0.15) is 71.0 Å². The highest BCUT2D eigenvalue weighted by atomic mass is 32.2. The van der Waals surface area contributed by atoms with Gasteiger partial charge >= 0.3 is 0 Å². The Morgan fingerprint density at radius 2 is 1.66 bits per heavy atom. The van der Waals surface area contributed by atoms with E-state index in [1.165, 1.54) is 37.4 Å². The summed E-state index contributed by atoms with van der Waals surface area (Å²) in [7, 11) is -2.33. The molecule has 0 spiro atoms. The zero-order valence-corrected chi connectivity index (χ0v) is 25.3. The monoisotopic (exact) mass is 603 g/mol. The number of nitrogens with one attached hydrogen (secondary N) is 3. The van der Waals surface area contributed by atoms with Crippen LogP contribution in [0.4, 0.5) is 10.1 Å². The Hall–Kier alpha value is -3.32. The molecule has 5 N–H and O–H groups in total. The van der Waals surface area contributed by atoms with Crippen molar-refractivity contribution in [1.82, 2.24) is 16.1 Å². The van der Waals surface area contributed by atoms with Gasteiger partial charge in [0.15, 0.2) is 0 Å². The molecule has 3 rings (SSSR count). The second-order valence-electron chi connectivity index (χ2n) is 10.1. The molecular weight excluding hydrogens is 565 g/mol. The number of nitrogens with zero attached hydrogens (tertiary/aromatic N) is 1. The first-order chi connectivity index (χ1) is 19.4. The Kier molecular flexibility index (Phi) is 11.4. The summed E-state index contributed by atoms with van der Waals surface area (Å²) >= 11 is 1.56. The summed E-state index contributed by atoms with van der Waals surface area (Å²) in [6.45, 7) is 3.82. The fourth-order valence-electron chi connectivity index (χ4n) is 4.39. The number of amides is 2. The molecule has 0 radical (unpaired) electrons. The Bertz CT molecular complexity index is 1420. The standard InChI is InChI=1S/C29H38FN5O4S2/c1-5-6-7-26(34-31)27(14-20-12-13-40-18-20)33-29(37)23-15-22(16-25(17-23)35(3)41(4,38)39)28(36)32-19(2)21-8-10-24(30)11-9-21/h8-13,15-19,26-27,34H,5-7,14,31H2,1-4H3,(H,32,36)(H,33,37)/t19-,26+,27+/m1/s1. The minimum atomic E-state index is -3.69. The summed E-state index contributed by atoms with van der Waals surface area (Å²) in [5, 5.41) is 9.88. The fraction of sp³-hybridized carbons (Fsp3) is 0.379. The van der Waals surface area contributed by atoms with Gasteiger partial charge < -0.3 is 10.6 Å². The number of hydrogen-bond donors (Lipinski definition) is 4. The maximum absolute atomic E-state index is 13.6. The van der Waals surface area contributed by atoms with Crippen LogP contribution in [0.5, 0.6) is 0 Å². The van der Waals surface area contributed by atoms with Crippen LogP contribution >= 0.6 is 11.3 Å². The molecule has 0 saturated heterocycles. The Morgan fingerprint density at radius 3 is 2.20 bits per heavy atom. The third kappa shape index (κ3) is 9.09. The van der Waals surface area contributed by atoms with Crippen molar-refractivity contribution in [3.63, 3.8) is 0 Å². The third-order valence-electron chi connectivity index (χ3n) is 6.94. The molecule has 1 aromatic heterocycles. The predicted octanol–water partition coefficient (Wildman–Crippen LogP) is 4.14. The van der Waals surface area contributed by atoms with E-state index in [0.29, 0.717) is 12.0 Å². The lowest BCUT2D eigenvalue weighted by molar-refractivity contribution is 0.0925. The second kappa shape index (κ2) is 14.5. The largest absolute Gasteiger partial charge is 0.347 e. The number of hydrogen-bond acceptors (Lipinski definition) is 7. The number of unbranched alkanes of at least 4 members (excludes halogenated alkanes) is 1. The van der Waals surface area contributed by atoms with Gasteiger partial charge in [0, 0.05) is 30.3 Å². The number of hydrazine groups is 1. The molecule has 1 heterocycles. The predicted molar refractivity (Wildman–Crippen MR) is 162 cm³/mol. The SMILES string of the molecule is CCCC[C@H](NN)[C@H](Cc1ccsc1)NC(=O)c1cc(C(=O)N[C@H](C)c2ccc(F)cc2)cc(N(C)S(C)(=O)=O)c1. The molecule has 12 heteroatoms. The number of halogens is 1. The van der Waals surface area contributed by atoms with E-state index in [1.807, 2.05) is 16.8 Å². The maximum atomic E-state index is 13.6. The van der Waals surface area contributed by atoms with Gasteiger partial charge in [-0.25, -0.2) is 12.8 Å². The lowest BCUT2D eigenvalue weighted by Crippen LogP contribution is -2.53. The van der Waals surface area contributed by atoms with E-state index in [0.717, 1.165) is 35.4 Å².